The van der Waals surface area contributed by atoms with E-state index in [9.17, 15) is 4.39 Å². The van der Waals surface area contributed by atoms with Gasteiger partial charge in [-0.25, -0.2) is 4.39 Å². The van der Waals surface area contributed by atoms with Crippen LogP contribution in [0.1, 0.15) is 17.5 Å². The number of rotatable bonds is 3. The Kier molecular flexibility index (Phi) is 3.41. The quantitative estimate of drug-likeness (QED) is 0.502. The third-order valence-corrected chi connectivity index (χ3v) is 3.09. The molecule has 0 saturated carbocycles. The van der Waals surface area contributed by atoms with Gasteiger partial charge in [0.05, 0.1) is 6.21 Å². The Morgan fingerprint density at radius 3 is 2.81 bits per heavy atom. The summed E-state index contributed by atoms with van der Waals surface area (Å²) in [6.45, 7) is 2.46. The van der Waals surface area contributed by atoms with E-state index < -0.39 is 0 Å². The Morgan fingerprint density at radius 2 is 2.25 bits per heavy atom. The summed E-state index contributed by atoms with van der Waals surface area (Å²) in [5.41, 5.74) is 0.945. The van der Waals surface area contributed by atoms with Gasteiger partial charge in [-0.05, 0) is 31.6 Å². The van der Waals surface area contributed by atoms with Gasteiger partial charge < -0.3 is 5.21 Å². The van der Waals surface area contributed by atoms with Gasteiger partial charge in [-0.3, -0.25) is 4.90 Å². The molecule has 16 heavy (non-hydrogen) atoms. The van der Waals surface area contributed by atoms with Gasteiger partial charge in [0, 0.05) is 22.7 Å². The minimum Gasteiger partial charge on any atom is -0.411 e. The maximum Gasteiger partial charge on any atom is 0.128 e. The largest absolute Gasteiger partial charge is 0.411 e. The summed E-state index contributed by atoms with van der Waals surface area (Å²) in [4.78, 5) is 2.11. The first-order valence-corrected chi connectivity index (χ1v) is 5.47. The molecular formula is C11H12ClFN2O. The second-order valence-electron chi connectivity index (χ2n) is 3.80. The molecular weight excluding hydrogens is 231 g/mol. The first-order valence-electron chi connectivity index (χ1n) is 5.09. The van der Waals surface area contributed by atoms with Gasteiger partial charge in [-0.1, -0.05) is 16.8 Å². The molecule has 1 aliphatic heterocycles. The molecule has 1 aromatic rings. The van der Waals surface area contributed by atoms with Crippen molar-refractivity contribution in [2.75, 3.05) is 13.1 Å². The molecule has 0 amide bonds. The van der Waals surface area contributed by atoms with Crippen LogP contribution >= 0.6 is 11.6 Å². The van der Waals surface area contributed by atoms with E-state index in [1.807, 2.05) is 0 Å². The number of oxime groups is 1. The fourth-order valence-electron chi connectivity index (χ4n) is 1.73. The summed E-state index contributed by atoms with van der Waals surface area (Å²) in [6.07, 6.45) is 2.33. The van der Waals surface area contributed by atoms with Crippen molar-refractivity contribution in [3.8, 4) is 0 Å². The fraction of sp³-hybridized carbons (Fsp3) is 0.364. The minimum absolute atomic E-state index is 0.314. The monoisotopic (exact) mass is 242 g/mol. The second kappa shape index (κ2) is 4.80. The zero-order valence-corrected chi connectivity index (χ0v) is 9.41. The van der Waals surface area contributed by atoms with Crippen LogP contribution in [0.2, 0.25) is 5.02 Å². The molecule has 0 spiro atoms. The van der Waals surface area contributed by atoms with E-state index in [4.69, 9.17) is 16.8 Å². The minimum atomic E-state index is -0.314. The van der Waals surface area contributed by atoms with Gasteiger partial charge in [0.1, 0.15) is 5.82 Å². The standard InChI is InChI=1S/C11H12ClFN2O/c12-10-2-3-11(13)9(8(10)6-14-16)7-15-4-1-5-15/h2-3,6,16H,1,4-5,7H2/b14-6+. The molecule has 0 aromatic heterocycles. The highest BCUT2D eigenvalue weighted by Crippen LogP contribution is 2.24. The molecule has 0 radical (unpaired) electrons. The molecule has 0 bridgehead atoms. The van der Waals surface area contributed by atoms with Gasteiger partial charge in [-0.2, -0.15) is 0 Å². The number of hydrogen-bond acceptors (Lipinski definition) is 3. The highest BCUT2D eigenvalue weighted by Gasteiger charge is 2.19. The summed E-state index contributed by atoms with van der Waals surface area (Å²) in [5, 5.41) is 11.9. The molecule has 1 saturated heterocycles. The molecule has 3 nitrogen and oxygen atoms in total. The van der Waals surface area contributed by atoms with Crippen LogP contribution in [0.4, 0.5) is 4.39 Å². The van der Waals surface area contributed by atoms with E-state index in [1.54, 1.807) is 0 Å². The van der Waals surface area contributed by atoms with Gasteiger partial charge in [0.2, 0.25) is 0 Å². The van der Waals surface area contributed by atoms with Crippen molar-refractivity contribution >= 4 is 17.8 Å². The lowest BCUT2D eigenvalue weighted by atomic mass is 10.1. The number of hydrogen-bond donors (Lipinski definition) is 1. The predicted octanol–water partition coefficient (Wildman–Crippen LogP) is 2.49. The van der Waals surface area contributed by atoms with E-state index in [0.717, 1.165) is 19.5 Å². The molecule has 86 valence electrons. The fourth-order valence-corrected chi connectivity index (χ4v) is 1.96. The van der Waals surface area contributed by atoms with Crippen molar-refractivity contribution in [1.29, 1.82) is 0 Å². The molecule has 0 atom stereocenters. The number of likely N-dealkylation sites (tertiary alicyclic amines) is 1. The number of halogens is 2. The molecule has 2 rings (SSSR count). The van der Waals surface area contributed by atoms with Crippen molar-refractivity contribution in [1.82, 2.24) is 4.90 Å². The van der Waals surface area contributed by atoms with Crippen molar-refractivity contribution in [2.45, 2.75) is 13.0 Å². The molecule has 1 aliphatic rings. The Labute approximate surface area is 98.1 Å². The normalized spacial score (nSPS) is 16.6. The lowest BCUT2D eigenvalue weighted by Gasteiger charge is -2.31. The van der Waals surface area contributed by atoms with E-state index in [0.29, 0.717) is 22.7 Å². The van der Waals surface area contributed by atoms with Crippen LogP contribution in [0.3, 0.4) is 0 Å². The lowest BCUT2D eigenvalue weighted by molar-refractivity contribution is 0.170. The van der Waals surface area contributed by atoms with Crippen LogP contribution in [0.15, 0.2) is 17.3 Å². The summed E-state index contributed by atoms with van der Waals surface area (Å²) in [6, 6.07) is 2.81. The van der Waals surface area contributed by atoms with Crippen molar-refractivity contribution in [3.63, 3.8) is 0 Å². The Hall–Kier alpha value is -1.13. The third-order valence-electron chi connectivity index (χ3n) is 2.76. The third kappa shape index (κ3) is 2.18. The first-order chi connectivity index (χ1) is 7.72. The number of nitrogens with zero attached hydrogens (tertiary/aromatic N) is 2. The molecule has 0 aliphatic carbocycles. The maximum absolute atomic E-state index is 13.6. The Morgan fingerprint density at radius 1 is 1.50 bits per heavy atom. The second-order valence-corrected chi connectivity index (χ2v) is 4.20. The number of benzene rings is 1. The molecule has 1 N–H and O–H groups in total. The zero-order chi connectivity index (χ0) is 11.5. The van der Waals surface area contributed by atoms with Crippen LogP contribution in [0.25, 0.3) is 0 Å². The molecule has 1 aromatic carbocycles. The van der Waals surface area contributed by atoms with E-state index in [2.05, 4.69) is 10.1 Å². The van der Waals surface area contributed by atoms with Crippen LogP contribution in [-0.4, -0.2) is 29.4 Å². The van der Waals surface area contributed by atoms with Crippen molar-refractivity contribution < 1.29 is 9.60 Å². The van der Waals surface area contributed by atoms with Crippen LogP contribution in [0, 0.1) is 5.82 Å². The van der Waals surface area contributed by atoms with Gasteiger partial charge in [-0.15, -0.1) is 0 Å². The zero-order valence-electron chi connectivity index (χ0n) is 8.66. The maximum atomic E-state index is 13.6. The average Bonchev–Trinajstić information content (AvgIpc) is 2.20. The summed E-state index contributed by atoms with van der Waals surface area (Å²) >= 11 is 5.94. The Balaban J connectivity index is 2.34. The summed E-state index contributed by atoms with van der Waals surface area (Å²) in [5.74, 6) is -0.314. The van der Waals surface area contributed by atoms with Gasteiger partial charge in [0.15, 0.2) is 0 Å². The average molecular weight is 243 g/mol. The molecule has 1 fully saturated rings. The smallest absolute Gasteiger partial charge is 0.128 e. The molecule has 5 heteroatoms. The Bertz CT molecular complexity index is 419. The van der Waals surface area contributed by atoms with E-state index >= 15 is 0 Å². The van der Waals surface area contributed by atoms with Gasteiger partial charge >= 0.3 is 0 Å². The predicted molar refractivity (Wildman–Crippen MR) is 60.7 cm³/mol. The lowest BCUT2D eigenvalue weighted by Crippen LogP contribution is -2.36. The molecule has 0 unspecified atom stereocenters. The highest BCUT2D eigenvalue weighted by atomic mass is 35.5. The van der Waals surface area contributed by atoms with Crippen LogP contribution < -0.4 is 0 Å². The van der Waals surface area contributed by atoms with E-state index in [-0.39, 0.29) is 5.82 Å². The first kappa shape index (κ1) is 11.4. The molecule has 1 heterocycles. The van der Waals surface area contributed by atoms with Crippen LogP contribution in [-0.2, 0) is 6.54 Å². The summed E-state index contributed by atoms with van der Waals surface area (Å²) in [7, 11) is 0. The topological polar surface area (TPSA) is 35.8 Å². The van der Waals surface area contributed by atoms with Crippen LogP contribution in [0.5, 0.6) is 0 Å². The van der Waals surface area contributed by atoms with Gasteiger partial charge in [0.25, 0.3) is 0 Å². The van der Waals surface area contributed by atoms with E-state index in [1.165, 1.54) is 18.3 Å². The van der Waals surface area contributed by atoms with Crippen molar-refractivity contribution in [2.24, 2.45) is 5.16 Å². The van der Waals surface area contributed by atoms with Crippen molar-refractivity contribution in [3.05, 3.63) is 34.1 Å². The summed E-state index contributed by atoms with van der Waals surface area (Å²) < 4.78 is 13.6. The highest BCUT2D eigenvalue weighted by molar-refractivity contribution is 6.33. The SMILES string of the molecule is O/N=C/c1c(Cl)ccc(F)c1CN1CCC1.